The van der Waals surface area contributed by atoms with Gasteiger partial charge in [-0.2, -0.15) is 0 Å². The molecule has 0 radical (unpaired) electrons. The van der Waals surface area contributed by atoms with E-state index in [-0.39, 0.29) is 11.8 Å². The Morgan fingerprint density at radius 3 is 2.76 bits per heavy atom. The first-order valence-electron chi connectivity index (χ1n) is 5.17. The van der Waals surface area contributed by atoms with Crippen LogP contribution in [0.1, 0.15) is 11.1 Å². The summed E-state index contributed by atoms with van der Waals surface area (Å²) in [5.74, 6) is 0.225. The van der Waals surface area contributed by atoms with E-state index in [0.29, 0.717) is 5.69 Å². The van der Waals surface area contributed by atoms with Crippen molar-refractivity contribution >= 4 is 11.7 Å². The highest BCUT2D eigenvalue weighted by molar-refractivity contribution is 5.91. The zero-order valence-electron chi connectivity index (χ0n) is 9.64. The van der Waals surface area contributed by atoms with Crippen LogP contribution in [-0.2, 0) is 0 Å². The number of carbonyl (C=O) groups is 1. The maximum atomic E-state index is 11.8. The summed E-state index contributed by atoms with van der Waals surface area (Å²) in [5.41, 5.74) is 2.21. The molecular weight excluding hydrogens is 218 g/mol. The third kappa shape index (κ3) is 2.28. The van der Waals surface area contributed by atoms with Crippen LogP contribution in [0.5, 0.6) is 5.75 Å². The standard InChI is InChI=1S/C12H13N3O2/c1-8-6-11(16)9(2)5-10(8)14-12(17)15-4-3-13-7-15/h3-7,16H,1-2H3,(H,14,17). The third-order valence-corrected chi connectivity index (χ3v) is 2.52. The summed E-state index contributed by atoms with van der Waals surface area (Å²) in [6.07, 6.45) is 4.53. The highest BCUT2D eigenvalue weighted by Crippen LogP contribution is 2.24. The van der Waals surface area contributed by atoms with Gasteiger partial charge >= 0.3 is 6.03 Å². The molecule has 0 saturated heterocycles. The van der Waals surface area contributed by atoms with Gasteiger partial charge in [0, 0.05) is 18.1 Å². The van der Waals surface area contributed by atoms with E-state index in [9.17, 15) is 9.90 Å². The van der Waals surface area contributed by atoms with Crippen LogP contribution in [0, 0.1) is 13.8 Å². The molecule has 0 aliphatic carbocycles. The van der Waals surface area contributed by atoms with Crippen LogP contribution in [0.2, 0.25) is 0 Å². The Morgan fingerprint density at radius 1 is 1.35 bits per heavy atom. The summed E-state index contributed by atoms with van der Waals surface area (Å²) >= 11 is 0. The Kier molecular flexibility index (Phi) is 2.82. The van der Waals surface area contributed by atoms with Gasteiger partial charge in [-0.25, -0.2) is 9.78 Å². The van der Waals surface area contributed by atoms with E-state index in [2.05, 4.69) is 10.3 Å². The lowest BCUT2D eigenvalue weighted by atomic mass is 10.1. The molecule has 1 heterocycles. The quantitative estimate of drug-likeness (QED) is 0.740. The number of aromatic nitrogens is 2. The summed E-state index contributed by atoms with van der Waals surface area (Å²) < 4.78 is 1.35. The number of nitrogens with one attached hydrogen (secondary N) is 1. The van der Waals surface area contributed by atoms with Crippen LogP contribution in [0.15, 0.2) is 30.9 Å². The van der Waals surface area contributed by atoms with Gasteiger partial charge in [0.1, 0.15) is 12.1 Å². The Hall–Kier alpha value is -2.30. The fourth-order valence-corrected chi connectivity index (χ4v) is 1.49. The normalized spacial score (nSPS) is 10.2. The first-order chi connectivity index (χ1) is 8.08. The van der Waals surface area contributed by atoms with E-state index >= 15 is 0 Å². The number of amides is 1. The minimum Gasteiger partial charge on any atom is -0.508 e. The molecule has 1 amide bonds. The van der Waals surface area contributed by atoms with Crippen LogP contribution >= 0.6 is 0 Å². The van der Waals surface area contributed by atoms with Crippen molar-refractivity contribution in [3.63, 3.8) is 0 Å². The first kappa shape index (κ1) is 11.2. The summed E-state index contributed by atoms with van der Waals surface area (Å²) in [6, 6.07) is 3.08. The average molecular weight is 231 g/mol. The lowest BCUT2D eigenvalue weighted by molar-refractivity contribution is 0.253. The van der Waals surface area contributed by atoms with Crippen molar-refractivity contribution in [3.05, 3.63) is 42.0 Å². The van der Waals surface area contributed by atoms with Crippen molar-refractivity contribution in [2.45, 2.75) is 13.8 Å². The second-order valence-corrected chi connectivity index (χ2v) is 3.85. The molecular formula is C12H13N3O2. The third-order valence-electron chi connectivity index (χ3n) is 2.52. The molecule has 5 heteroatoms. The van der Waals surface area contributed by atoms with E-state index < -0.39 is 0 Å². The van der Waals surface area contributed by atoms with Gasteiger partial charge in [0.2, 0.25) is 0 Å². The molecule has 17 heavy (non-hydrogen) atoms. The van der Waals surface area contributed by atoms with Gasteiger partial charge in [0.25, 0.3) is 0 Å². The summed E-state index contributed by atoms with van der Waals surface area (Å²) in [7, 11) is 0. The number of rotatable bonds is 1. The van der Waals surface area contributed by atoms with Gasteiger partial charge in [-0.1, -0.05) is 0 Å². The minimum atomic E-state index is -0.282. The van der Waals surface area contributed by atoms with Crippen molar-refractivity contribution in [1.29, 1.82) is 0 Å². The molecule has 0 aliphatic rings. The number of anilines is 1. The number of hydrogen-bond donors (Lipinski definition) is 2. The van der Waals surface area contributed by atoms with E-state index in [1.54, 1.807) is 25.3 Å². The van der Waals surface area contributed by atoms with Gasteiger partial charge in [-0.15, -0.1) is 0 Å². The maximum absolute atomic E-state index is 11.8. The molecule has 1 aromatic carbocycles. The van der Waals surface area contributed by atoms with Crippen LogP contribution in [-0.4, -0.2) is 20.7 Å². The van der Waals surface area contributed by atoms with E-state index in [0.717, 1.165) is 11.1 Å². The maximum Gasteiger partial charge on any atom is 0.331 e. The molecule has 2 N–H and O–H groups in total. The molecule has 0 bridgehead atoms. The lowest BCUT2D eigenvalue weighted by Gasteiger charge is -2.10. The van der Waals surface area contributed by atoms with Crippen LogP contribution in [0.4, 0.5) is 10.5 Å². The molecule has 0 fully saturated rings. The molecule has 0 spiro atoms. The number of phenols is 1. The number of hydrogen-bond acceptors (Lipinski definition) is 3. The molecule has 0 aliphatic heterocycles. The van der Waals surface area contributed by atoms with Crippen LogP contribution < -0.4 is 5.32 Å². The number of imidazole rings is 1. The molecule has 2 aromatic rings. The SMILES string of the molecule is Cc1cc(NC(=O)n2ccnc2)c(C)cc1O. The summed E-state index contributed by atoms with van der Waals surface area (Å²) in [6.45, 7) is 3.60. The van der Waals surface area contributed by atoms with Crippen LogP contribution in [0.3, 0.4) is 0 Å². The average Bonchev–Trinajstić information content (AvgIpc) is 2.79. The molecule has 2 rings (SSSR count). The number of nitrogens with zero attached hydrogens (tertiary/aromatic N) is 2. The fraction of sp³-hybridized carbons (Fsp3) is 0.167. The first-order valence-corrected chi connectivity index (χ1v) is 5.17. The Morgan fingerprint density at radius 2 is 2.12 bits per heavy atom. The molecule has 0 atom stereocenters. The monoisotopic (exact) mass is 231 g/mol. The fourth-order valence-electron chi connectivity index (χ4n) is 1.49. The lowest BCUT2D eigenvalue weighted by Crippen LogP contribution is -2.18. The Labute approximate surface area is 98.7 Å². The Balaban J connectivity index is 2.25. The topological polar surface area (TPSA) is 67.2 Å². The second kappa shape index (κ2) is 4.29. The van der Waals surface area contributed by atoms with Crippen molar-refractivity contribution < 1.29 is 9.90 Å². The van der Waals surface area contributed by atoms with Crippen molar-refractivity contribution in [1.82, 2.24) is 9.55 Å². The number of carbonyl (C=O) groups excluding carboxylic acids is 1. The number of benzene rings is 1. The van der Waals surface area contributed by atoms with Crippen molar-refractivity contribution in [2.75, 3.05) is 5.32 Å². The van der Waals surface area contributed by atoms with Crippen molar-refractivity contribution in [2.24, 2.45) is 0 Å². The highest BCUT2D eigenvalue weighted by Gasteiger charge is 2.08. The molecule has 1 aromatic heterocycles. The van der Waals surface area contributed by atoms with Gasteiger partial charge in [0.15, 0.2) is 0 Å². The highest BCUT2D eigenvalue weighted by atomic mass is 16.3. The summed E-state index contributed by atoms with van der Waals surface area (Å²) in [4.78, 5) is 15.6. The van der Waals surface area contributed by atoms with Gasteiger partial charge < -0.3 is 10.4 Å². The minimum absolute atomic E-state index is 0.225. The van der Waals surface area contributed by atoms with E-state index in [1.165, 1.54) is 17.1 Å². The smallest absolute Gasteiger partial charge is 0.331 e. The molecule has 0 saturated carbocycles. The van der Waals surface area contributed by atoms with Gasteiger partial charge in [0.05, 0.1) is 0 Å². The zero-order valence-corrected chi connectivity index (χ0v) is 9.64. The van der Waals surface area contributed by atoms with Gasteiger partial charge in [-0.3, -0.25) is 4.57 Å². The van der Waals surface area contributed by atoms with Crippen LogP contribution in [0.25, 0.3) is 0 Å². The van der Waals surface area contributed by atoms with Gasteiger partial charge in [-0.05, 0) is 37.1 Å². The predicted molar refractivity (Wildman–Crippen MR) is 64.2 cm³/mol. The molecule has 88 valence electrons. The zero-order chi connectivity index (χ0) is 12.4. The Bertz CT molecular complexity index is 547. The van der Waals surface area contributed by atoms with E-state index in [4.69, 9.17) is 0 Å². The largest absolute Gasteiger partial charge is 0.508 e. The summed E-state index contributed by atoms with van der Waals surface area (Å²) in [5, 5.41) is 12.3. The number of aromatic hydroxyl groups is 1. The van der Waals surface area contributed by atoms with E-state index in [1.807, 2.05) is 6.92 Å². The molecule has 0 unspecified atom stereocenters. The van der Waals surface area contributed by atoms with Crippen molar-refractivity contribution in [3.8, 4) is 5.75 Å². The molecule has 5 nitrogen and oxygen atoms in total. The predicted octanol–water partition coefficient (Wildman–Crippen LogP) is 2.29. The number of aryl methyl sites for hydroxylation is 2. The second-order valence-electron chi connectivity index (χ2n) is 3.85. The number of phenolic OH excluding ortho intramolecular Hbond substituents is 1.